The van der Waals surface area contributed by atoms with Crippen LogP contribution in [-0.2, 0) is 0 Å². The summed E-state index contributed by atoms with van der Waals surface area (Å²) >= 11 is 0. The van der Waals surface area contributed by atoms with Crippen LogP contribution in [0.5, 0.6) is 0 Å². The van der Waals surface area contributed by atoms with Crippen molar-refractivity contribution in [1.82, 2.24) is 4.98 Å². The lowest BCUT2D eigenvalue weighted by Crippen LogP contribution is -2.36. The molecule has 3 heterocycles. The van der Waals surface area contributed by atoms with Gasteiger partial charge in [0.2, 0.25) is 0 Å². The third kappa shape index (κ3) is 3.72. The van der Waals surface area contributed by atoms with E-state index in [2.05, 4.69) is 16.0 Å². The van der Waals surface area contributed by atoms with Gasteiger partial charge in [0, 0.05) is 19.0 Å². The van der Waals surface area contributed by atoms with Crippen molar-refractivity contribution in [2.45, 2.75) is 44.2 Å². The number of nitriles is 1. The van der Waals surface area contributed by atoms with Gasteiger partial charge in [-0.15, -0.1) is 0 Å². The molecule has 1 N–H and O–H groups in total. The first-order valence-corrected chi connectivity index (χ1v) is 8.13. The monoisotopic (exact) mass is 311 g/mol. The quantitative estimate of drug-likeness (QED) is 0.936. The van der Waals surface area contributed by atoms with Crippen molar-refractivity contribution in [1.29, 1.82) is 5.26 Å². The number of rotatable bonds is 4. The molecular weight excluding hydrogens is 290 g/mol. The van der Waals surface area contributed by atoms with Crippen molar-refractivity contribution in [2.24, 2.45) is 0 Å². The predicted molar refractivity (Wildman–Crippen MR) is 86.8 cm³/mol. The standard InChI is InChI=1S/C18H21N3O2/c19-13-14-6-4-9-18(20-14)21-10-3-1-2-7-15(21)12-16(22)17-8-5-11-23-17/h4-6,8-9,11,15-16,22H,1-3,7,10,12H2. The molecule has 0 amide bonds. The molecule has 1 fully saturated rings. The van der Waals surface area contributed by atoms with E-state index in [1.54, 1.807) is 24.5 Å². The summed E-state index contributed by atoms with van der Waals surface area (Å²) < 4.78 is 5.32. The smallest absolute Gasteiger partial charge is 0.142 e. The zero-order valence-electron chi connectivity index (χ0n) is 13.1. The summed E-state index contributed by atoms with van der Waals surface area (Å²) in [5.74, 6) is 1.43. The summed E-state index contributed by atoms with van der Waals surface area (Å²) in [6, 6.07) is 11.4. The maximum absolute atomic E-state index is 10.4. The molecular formula is C18H21N3O2. The van der Waals surface area contributed by atoms with E-state index < -0.39 is 6.10 Å². The third-order valence-corrected chi connectivity index (χ3v) is 4.39. The Morgan fingerprint density at radius 2 is 2.22 bits per heavy atom. The summed E-state index contributed by atoms with van der Waals surface area (Å²) in [7, 11) is 0. The molecule has 1 aliphatic rings. The Hall–Kier alpha value is -2.32. The van der Waals surface area contributed by atoms with Crippen LogP contribution in [0.1, 0.15) is 49.7 Å². The van der Waals surface area contributed by atoms with Crippen molar-refractivity contribution in [3.8, 4) is 6.07 Å². The van der Waals surface area contributed by atoms with E-state index in [9.17, 15) is 5.11 Å². The fourth-order valence-electron chi connectivity index (χ4n) is 3.22. The molecule has 2 aromatic heterocycles. The first-order valence-electron chi connectivity index (χ1n) is 8.13. The Labute approximate surface area is 136 Å². The molecule has 1 saturated heterocycles. The summed E-state index contributed by atoms with van der Waals surface area (Å²) in [6.45, 7) is 0.900. The molecule has 120 valence electrons. The number of pyridine rings is 1. The van der Waals surface area contributed by atoms with Gasteiger partial charge in [0.1, 0.15) is 29.4 Å². The summed E-state index contributed by atoms with van der Waals surface area (Å²) in [5.41, 5.74) is 0.428. The highest BCUT2D eigenvalue weighted by Crippen LogP contribution is 2.29. The minimum absolute atomic E-state index is 0.194. The Balaban J connectivity index is 1.81. The Bertz CT molecular complexity index is 663. The lowest BCUT2D eigenvalue weighted by atomic mass is 10.0. The van der Waals surface area contributed by atoms with Crippen LogP contribution in [0.15, 0.2) is 41.0 Å². The first-order chi connectivity index (χ1) is 11.3. The number of furan rings is 1. The molecule has 0 radical (unpaired) electrons. The lowest BCUT2D eigenvalue weighted by molar-refractivity contribution is 0.129. The Morgan fingerprint density at radius 3 is 3.00 bits per heavy atom. The first kappa shape index (κ1) is 15.6. The minimum atomic E-state index is -0.616. The number of hydrogen-bond acceptors (Lipinski definition) is 5. The van der Waals surface area contributed by atoms with Crippen LogP contribution < -0.4 is 4.90 Å². The molecule has 0 bridgehead atoms. The van der Waals surface area contributed by atoms with Crippen LogP contribution in [0.4, 0.5) is 5.82 Å². The Morgan fingerprint density at radius 1 is 1.30 bits per heavy atom. The molecule has 1 aliphatic heterocycles. The van der Waals surface area contributed by atoms with Gasteiger partial charge in [-0.1, -0.05) is 18.9 Å². The van der Waals surface area contributed by atoms with E-state index in [0.717, 1.165) is 31.6 Å². The number of hydrogen-bond donors (Lipinski definition) is 1. The molecule has 23 heavy (non-hydrogen) atoms. The van der Waals surface area contributed by atoms with E-state index >= 15 is 0 Å². The van der Waals surface area contributed by atoms with Crippen LogP contribution >= 0.6 is 0 Å². The van der Waals surface area contributed by atoms with Gasteiger partial charge in [-0.05, 0) is 37.1 Å². The van der Waals surface area contributed by atoms with Crippen LogP contribution in [-0.4, -0.2) is 22.7 Å². The van der Waals surface area contributed by atoms with Crippen LogP contribution in [0.3, 0.4) is 0 Å². The SMILES string of the molecule is N#Cc1cccc(N2CCCCCC2CC(O)c2ccco2)n1. The van der Waals surface area contributed by atoms with E-state index in [4.69, 9.17) is 9.68 Å². The fraction of sp³-hybridized carbons (Fsp3) is 0.444. The predicted octanol–water partition coefficient (Wildman–Crippen LogP) is 3.42. The zero-order valence-corrected chi connectivity index (χ0v) is 13.1. The van der Waals surface area contributed by atoms with Gasteiger partial charge in [-0.2, -0.15) is 5.26 Å². The average Bonchev–Trinajstić information content (AvgIpc) is 3.03. The van der Waals surface area contributed by atoms with E-state index in [1.165, 1.54) is 6.42 Å². The molecule has 2 aromatic rings. The van der Waals surface area contributed by atoms with E-state index in [1.807, 2.05) is 12.1 Å². The molecule has 3 rings (SSSR count). The molecule has 0 aromatic carbocycles. The summed E-state index contributed by atoms with van der Waals surface area (Å²) in [6.07, 6.45) is 6.01. The van der Waals surface area contributed by atoms with E-state index in [0.29, 0.717) is 17.9 Å². The highest BCUT2D eigenvalue weighted by Gasteiger charge is 2.26. The van der Waals surface area contributed by atoms with Crippen molar-refractivity contribution in [3.63, 3.8) is 0 Å². The van der Waals surface area contributed by atoms with Crippen molar-refractivity contribution in [2.75, 3.05) is 11.4 Å². The average molecular weight is 311 g/mol. The topological polar surface area (TPSA) is 73.3 Å². The Kier molecular flexibility index (Phi) is 4.94. The number of aliphatic hydroxyl groups excluding tert-OH is 1. The third-order valence-electron chi connectivity index (χ3n) is 4.39. The van der Waals surface area contributed by atoms with Crippen LogP contribution in [0.25, 0.3) is 0 Å². The van der Waals surface area contributed by atoms with Gasteiger partial charge in [-0.3, -0.25) is 0 Å². The van der Waals surface area contributed by atoms with Crippen LogP contribution in [0.2, 0.25) is 0 Å². The molecule has 0 spiro atoms. The van der Waals surface area contributed by atoms with Gasteiger partial charge >= 0.3 is 0 Å². The highest BCUT2D eigenvalue weighted by molar-refractivity contribution is 5.43. The van der Waals surface area contributed by atoms with Gasteiger partial charge in [-0.25, -0.2) is 4.98 Å². The second-order valence-electron chi connectivity index (χ2n) is 5.96. The second-order valence-corrected chi connectivity index (χ2v) is 5.96. The second kappa shape index (κ2) is 7.30. The van der Waals surface area contributed by atoms with Crippen molar-refractivity contribution < 1.29 is 9.52 Å². The number of nitrogens with zero attached hydrogens (tertiary/aromatic N) is 3. The molecule has 5 heteroatoms. The normalized spacial score (nSPS) is 19.8. The van der Waals surface area contributed by atoms with Gasteiger partial charge in [0.05, 0.1) is 6.26 Å². The van der Waals surface area contributed by atoms with Gasteiger partial charge < -0.3 is 14.4 Å². The van der Waals surface area contributed by atoms with Crippen LogP contribution in [0, 0.1) is 11.3 Å². The van der Waals surface area contributed by atoms with Gasteiger partial charge in [0.25, 0.3) is 0 Å². The maximum atomic E-state index is 10.4. The number of aliphatic hydroxyl groups is 1. The van der Waals surface area contributed by atoms with E-state index in [-0.39, 0.29) is 6.04 Å². The largest absolute Gasteiger partial charge is 0.467 e. The minimum Gasteiger partial charge on any atom is -0.467 e. The molecule has 0 aliphatic carbocycles. The molecule has 0 saturated carbocycles. The van der Waals surface area contributed by atoms with Crippen molar-refractivity contribution >= 4 is 5.82 Å². The molecule has 2 atom stereocenters. The number of anilines is 1. The highest BCUT2D eigenvalue weighted by atomic mass is 16.4. The van der Waals surface area contributed by atoms with Crippen molar-refractivity contribution in [3.05, 3.63) is 48.0 Å². The summed E-state index contributed by atoms with van der Waals surface area (Å²) in [5, 5.41) is 19.5. The van der Waals surface area contributed by atoms with Gasteiger partial charge in [0.15, 0.2) is 0 Å². The summed E-state index contributed by atoms with van der Waals surface area (Å²) in [4.78, 5) is 6.67. The molecule has 5 nitrogen and oxygen atoms in total. The number of aromatic nitrogens is 1. The zero-order chi connectivity index (χ0) is 16.1. The maximum Gasteiger partial charge on any atom is 0.142 e. The lowest BCUT2D eigenvalue weighted by Gasteiger charge is -2.32. The molecule has 2 unspecified atom stereocenters. The fourth-order valence-corrected chi connectivity index (χ4v) is 3.22.